The number of hydrogen-bond acceptors (Lipinski definition) is 2. The van der Waals surface area contributed by atoms with E-state index >= 15 is 0 Å². The summed E-state index contributed by atoms with van der Waals surface area (Å²) in [7, 11) is 0. The Morgan fingerprint density at radius 1 is 1.43 bits per heavy atom. The zero-order chi connectivity index (χ0) is 10.8. The molecule has 2 atom stereocenters. The fourth-order valence-electron chi connectivity index (χ4n) is 2.30. The summed E-state index contributed by atoms with van der Waals surface area (Å²) in [5.74, 6) is 0.749. The van der Waals surface area contributed by atoms with E-state index in [1.807, 2.05) is 0 Å². The third-order valence-electron chi connectivity index (χ3n) is 3.21. The fourth-order valence-corrected chi connectivity index (χ4v) is 2.30. The van der Waals surface area contributed by atoms with Gasteiger partial charge in [-0.25, -0.2) is 0 Å². The van der Waals surface area contributed by atoms with Crippen LogP contribution in [0.5, 0.6) is 0 Å². The molecule has 1 heterocycles. The van der Waals surface area contributed by atoms with E-state index in [0.29, 0.717) is 6.04 Å². The molecule has 2 unspecified atom stereocenters. The predicted octanol–water partition coefficient (Wildman–Crippen LogP) is 2.66. The molecule has 1 aliphatic heterocycles. The van der Waals surface area contributed by atoms with Crippen LogP contribution in [-0.2, 0) is 0 Å². The highest BCUT2D eigenvalue weighted by Crippen LogP contribution is 2.31. The van der Waals surface area contributed by atoms with Crippen LogP contribution >= 0.6 is 0 Å². The van der Waals surface area contributed by atoms with Crippen LogP contribution in [0.4, 0.5) is 0 Å². The van der Waals surface area contributed by atoms with Crippen molar-refractivity contribution in [3.63, 3.8) is 0 Å². The highest BCUT2D eigenvalue weighted by atomic mass is 15.2. The molecule has 0 bridgehead atoms. The molecule has 0 aromatic heterocycles. The molecule has 0 saturated carbocycles. The Morgan fingerprint density at radius 2 is 2.07 bits per heavy atom. The summed E-state index contributed by atoms with van der Waals surface area (Å²) >= 11 is 0. The molecule has 2 heteroatoms. The van der Waals surface area contributed by atoms with Crippen molar-refractivity contribution in [3.05, 3.63) is 0 Å². The molecule has 0 amide bonds. The first-order chi connectivity index (χ1) is 6.47. The van der Waals surface area contributed by atoms with E-state index in [1.165, 1.54) is 6.42 Å². The molecule has 2 nitrogen and oxygen atoms in total. The van der Waals surface area contributed by atoms with Gasteiger partial charge in [-0.15, -0.1) is 0 Å². The fraction of sp³-hybridized carbons (Fsp3) is 0.917. The second-order valence-corrected chi connectivity index (χ2v) is 5.37. The minimum atomic E-state index is -0.0920. The van der Waals surface area contributed by atoms with Crippen molar-refractivity contribution in [3.8, 4) is 6.07 Å². The first kappa shape index (κ1) is 11.5. The second-order valence-electron chi connectivity index (χ2n) is 5.37. The molecule has 0 spiro atoms. The molecule has 80 valence electrons. The summed E-state index contributed by atoms with van der Waals surface area (Å²) in [5.41, 5.74) is -0.0920. The van der Waals surface area contributed by atoms with Gasteiger partial charge >= 0.3 is 0 Å². The maximum Gasteiger partial charge on any atom is 0.0700 e. The van der Waals surface area contributed by atoms with Gasteiger partial charge < -0.3 is 0 Å². The molecule has 0 radical (unpaired) electrons. The largest absolute Gasteiger partial charge is 0.299 e. The average molecular weight is 194 g/mol. The molecule has 14 heavy (non-hydrogen) atoms. The van der Waals surface area contributed by atoms with Crippen molar-refractivity contribution >= 4 is 0 Å². The average Bonchev–Trinajstić information content (AvgIpc) is 2.48. The first-order valence-corrected chi connectivity index (χ1v) is 5.62. The Hall–Kier alpha value is -0.550. The lowest BCUT2D eigenvalue weighted by Gasteiger charge is -2.26. The van der Waals surface area contributed by atoms with Crippen LogP contribution < -0.4 is 0 Å². The zero-order valence-corrected chi connectivity index (χ0v) is 9.88. The number of hydrogen-bond donors (Lipinski definition) is 0. The van der Waals surface area contributed by atoms with E-state index in [0.717, 1.165) is 25.4 Å². The maximum absolute atomic E-state index is 9.03. The summed E-state index contributed by atoms with van der Waals surface area (Å²) < 4.78 is 0. The molecule has 1 aliphatic rings. The Balaban J connectivity index is 2.46. The van der Waals surface area contributed by atoms with Gasteiger partial charge in [0.25, 0.3) is 0 Å². The molecule has 1 rings (SSSR count). The van der Waals surface area contributed by atoms with Gasteiger partial charge in [0.05, 0.1) is 11.5 Å². The van der Waals surface area contributed by atoms with E-state index in [9.17, 15) is 0 Å². The van der Waals surface area contributed by atoms with Crippen LogP contribution in [0.25, 0.3) is 0 Å². The lowest BCUT2D eigenvalue weighted by Crippen LogP contribution is -2.33. The highest BCUT2D eigenvalue weighted by molar-refractivity contribution is 5.02. The third-order valence-corrected chi connectivity index (χ3v) is 3.21. The Bertz CT molecular complexity index is 229. The molecule has 0 aromatic carbocycles. The molecule has 0 N–H and O–H groups in total. The van der Waals surface area contributed by atoms with Gasteiger partial charge in [0.15, 0.2) is 0 Å². The summed E-state index contributed by atoms with van der Waals surface area (Å²) in [6.45, 7) is 10.9. The number of rotatable bonds is 3. The highest BCUT2D eigenvalue weighted by Gasteiger charge is 2.35. The Labute approximate surface area is 87.9 Å². The lowest BCUT2D eigenvalue weighted by molar-refractivity contribution is 0.214. The van der Waals surface area contributed by atoms with E-state index in [1.54, 1.807) is 0 Å². The standard InChI is InChI=1S/C12H22N2/c1-10(2)7-11(3)14-6-5-12(4,8-13)9-14/h10-11H,5-7,9H2,1-4H3. The van der Waals surface area contributed by atoms with E-state index in [4.69, 9.17) is 5.26 Å². The van der Waals surface area contributed by atoms with Crippen LogP contribution in [0.1, 0.15) is 40.5 Å². The number of likely N-dealkylation sites (tertiary alicyclic amines) is 1. The van der Waals surface area contributed by atoms with Crippen molar-refractivity contribution in [1.82, 2.24) is 4.90 Å². The summed E-state index contributed by atoms with van der Waals surface area (Å²) in [6.07, 6.45) is 2.27. The molecular formula is C12H22N2. The van der Waals surface area contributed by atoms with E-state index < -0.39 is 0 Å². The molecule has 0 aliphatic carbocycles. The monoisotopic (exact) mass is 194 g/mol. The van der Waals surface area contributed by atoms with E-state index in [-0.39, 0.29) is 5.41 Å². The normalized spacial score (nSPS) is 30.6. The van der Waals surface area contributed by atoms with Crippen LogP contribution in [0, 0.1) is 22.7 Å². The van der Waals surface area contributed by atoms with Crippen LogP contribution in [0.15, 0.2) is 0 Å². The van der Waals surface area contributed by atoms with Crippen molar-refractivity contribution in [1.29, 1.82) is 5.26 Å². The summed E-state index contributed by atoms with van der Waals surface area (Å²) in [6, 6.07) is 3.07. The minimum Gasteiger partial charge on any atom is -0.299 e. The van der Waals surface area contributed by atoms with Gasteiger partial charge in [-0.2, -0.15) is 5.26 Å². The van der Waals surface area contributed by atoms with Crippen LogP contribution in [-0.4, -0.2) is 24.0 Å². The smallest absolute Gasteiger partial charge is 0.0700 e. The third kappa shape index (κ3) is 2.72. The zero-order valence-electron chi connectivity index (χ0n) is 9.88. The Kier molecular flexibility index (Phi) is 3.55. The summed E-state index contributed by atoms with van der Waals surface area (Å²) in [5, 5.41) is 9.03. The van der Waals surface area contributed by atoms with Crippen molar-refractivity contribution in [2.45, 2.75) is 46.6 Å². The Morgan fingerprint density at radius 3 is 2.50 bits per heavy atom. The van der Waals surface area contributed by atoms with Gasteiger partial charge in [0, 0.05) is 19.1 Å². The SMILES string of the molecule is CC(C)CC(C)N1CCC(C)(C#N)C1. The molecule has 1 saturated heterocycles. The second kappa shape index (κ2) is 4.31. The minimum absolute atomic E-state index is 0.0920. The van der Waals surface area contributed by atoms with Crippen molar-refractivity contribution < 1.29 is 0 Å². The first-order valence-electron chi connectivity index (χ1n) is 5.62. The van der Waals surface area contributed by atoms with Gasteiger partial charge in [0.2, 0.25) is 0 Å². The van der Waals surface area contributed by atoms with Gasteiger partial charge in [-0.3, -0.25) is 4.90 Å². The van der Waals surface area contributed by atoms with E-state index in [2.05, 4.69) is 38.7 Å². The maximum atomic E-state index is 9.03. The number of nitrogens with zero attached hydrogens (tertiary/aromatic N) is 2. The van der Waals surface area contributed by atoms with Gasteiger partial charge in [-0.05, 0) is 32.6 Å². The van der Waals surface area contributed by atoms with Gasteiger partial charge in [-0.1, -0.05) is 13.8 Å². The number of nitriles is 1. The molecule has 0 aromatic rings. The predicted molar refractivity (Wildman–Crippen MR) is 58.8 cm³/mol. The summed E-state index contributed by atoms with van der Waals surface area (Å²) in [4.78, 5) is 2.46. The molecule has 1 fully saturated rings. The van der Waals surface area contributed by atoms with Gasteiger partial charge in [0.1, 0.15) is 0 Å². The molecular weight excluding hydrogens is 172 g/mol. The van der Waals surface area contributed by atoms with Crippen LogP contribution in [0.3, 0.4) is 0 Å². The lowest BCUT2D eigenvalue weighted by atomic mass is 9.92. The topological polar surface area (TPSA) is 27.0 Å². The van der Waals surface area contributed by atoms with Crippen molar-refractivity contribution in [2.75, 3.05) is 13.1 Å². The van der Waals surface area contributed by atoms with Crippen molar-refractivity contribution in [2.24, 2.45) is 11.3 Å². The van der Waals surface area contributed by atoms with Crippen LogP contribution in [0.2, 0.25) is 0 Å². The quantitative estimate of drug-likeness (QED) is 0.690.